The van der Waals surface area contributed by atoms with Crippen molar-refractivity contribution in [2.75, 3.05) is 13.1 Å². The smallest absolute Gasteiger partial charge is 0.333 e. The topological polar surface area (TPSA) is 168 Å². The highest BCUT2D eigenvalue weighted by Gasteiger charge is 2.21. The lowest BCUT2D eigenvalue weighted by molar-refractivity contribution is -0.158. The van der Waals surface area contributed by atoms with Crippen molar-refractivity contribution < 1.29 is 34.1 Å². The molecule has 0 saturated carbocycles. The van der Waals surface area contributed by atoms with E-state index < -0.39 is 48.3 Å². The van der Waals surface area contributed by atoms with Crippen LogP contribution in [0.1, 0.15) is 21.0 Å². The van der Waals surface area contributed by atoms with Crippen LogP contribution in [-0.2, 0) is 14.3 Å². The molecule has 0 spiro atoms. The summed E-state index contributed by atoms with van der Waals surface area (Å²) in [5, 5.41) is 26.8. The van der Waals surface area contributed by atoms with Gasteiger partial charge in [-0.25, -0.2) is 19.6 Å². The Balaban J connectivity index is 1.32. The Hall–Kier alpha value is -3.81. The van der Waals surface area contributed by atoms with E-state index in [1.165, 1.54) is 12.3 Å². The van der Waals surface area contributed by atoms with Gasteiger partial charge >= 0.3 is 11.9 Å². The van der Waals surface area contributed by atoms with Crippen LogP contribution < -0.4 is 10.6 Å². The summed E-state index contributed by atoms with van der Waals surface area (Å²) in [6, 6.07) is 9.83. The molecule has 194 valence electrons. The first-order valence-corrected chi connectivity index (χ1v) is 12.6. The van der Waals surface area contributed by atoms with E-state index in [1.54, 1.807) is 30.3 Å². The Kier molecular flexibility index (Phi) is 8.09. The lowest BCUT2D eigenvalue weighted by Gasteiger charge is -2.10. The van der Waals surface area contributed by atoms with Gasteiger partial charge in [0.15, 0.2) is 22.9 Å². The summed E-state index contributed by atoms with van der Waals surface area (Å²) in [4.78, 5) is 56.6. The number of rotatable bonds is 6. The Morgan fingerprint density at radius 3 is 2.03 bits per heavy atom. The van der Waals surface area contributed by atoms with Crippen LogP contribution in [0.25, 0.3) is 21.5 Å². The second-order valence-electron chi connectivity index (χ2n) is 7.69. The zero-order valence-corrected chi connectivity index (χ0v) is 22.8. The Morgan fingerprint density at radius 1 is 0.816 bits per heavy atom. The molecular formula is C24H15Br2ClN4O7. The number of pyridine rings is 2. The number of ether oxygens (including phenoxy) is 1. The number of halogens is 3. The number of benzene rings is 2. The maximum atomic E-state index is 12.5. The van der Waals surface area contributed by atoms with Gasteiger partial charge in [-0.15, -0.1) is 0 Å². The number of carbonyl (C=O) groups is 4. The third-order valence-electron chi connectivity index (χ3n) is 5.17. The molecule has 0 aliphatic carbocycles. The summed E-state index contributed by atoms with van der Waals surface area (Å²) < 4.78 is 5.93. The number of amides is 2. The lowest BCUT2D eigenvalue weighted by atomic mass is 10.1. The number of hydrogen-bond acceptors (Lipinski definition) is 9. The van der Waals surface area contributed by atoms with E-state index in [0.29, 0.717) is 25.1 Å². The lowest BCUT2D eigenvalue weighted by Crippen LogP contribution is -2.36. The second-order valence-corrected chi connectivity index (χ2v) is 9.88. The molecule has 38 heavy (non-hydrogen) atoms. The summed E-state index contributed by atoms with van der Waals surface area (Å²) in [5.41, 5.74) is -0.748. The number of fused-ring (bicyclic) bond motifs is 2. The zero-order valence-electron chi connectivity index (χ0n) is 18.9. The Morgan fingerprint density at radius 2 is 1.37 bits per heavy atom. The Labute approximate surface area is 235 Å². The fourth-order valence-corrected chi connectivity index (χ4v) is 4.36. The van der Waals surface area contributed by atoms with E-state index in [2.05, 4.69) is 57.2 Å². The van der Waals surface area contributed by atoms with Crippen molar-refractivity contribution in [3.8, 4) is 11.5 Å². The third kappa shape index (κ3) is 5.85. The van der Waals surface area contributed by atoms with Crippen LogP contribution in [0.4, 0.5) is 0 Å². The molecule has 0 bridgehead atoms. The molecule has 2 aromatic carbocycles. The van der Waals surface area contributed by atoms with Crippen molar-refractivity contribution >= 4 is 88.8 Å². The molecule has 0 aliphatic heterocycles. The molecule has 0 saturated heterocycles. The molecule has 0 radical (unpaired) electrons. The van der Waals surface area contributed by atoms with E-state index in [-0.39, 0.29) is 22.0 Å². The maximum absolute atomic E-state index is 12.5. The number of aromatic nitrogens is 2. The van der Waals surface area contributed by atoms with Gasteiger partial charge in [-0.2, -0.15) is 0 Å². The fraction of sp³-hybridized carbons (Fsp3) is 0.0833. The van der Waals surface area contributed by atoms with Gasteiger partial charge in [0.25, 0.3) is 11.8 Å². The molecule has 0 atom stereocenters. The van der Waals surface area contributed by atoms with Crippen molar-refractivity contribution in [3.63, 3.8) is 0 Å². The molecule has 14 heteroatoms. The van der Waals surface area contributed by atoms with Crippen molar-refractivity contribution in [2.24, 2.45) is 0 Å². The van der Waals surface area contributed by atoms with Crippen molar-refractivity contribution in [3.05, 3.63) is 68.1 Å². The van der Waals surface area contributed by atoms with Gasteiger partial charge in [-0.05, 0) is 30.3 Å². The monoisotopic (exact) mass is 664 g/mol. The summed E-state index contributed by atoms with van der Waals surface area (Å²) in [6.07, 6.45) is 1.38. The molecule has 4 aromatic rings. The molecule has 4 rings (SSSR count). The van der Waals surface area contributed by atoms with Gasteiger partial charge < -0.3 is 25.6 Å². The number of esters is 2. The molecule has 0 aliphatic rings. The second kappa shape index (κ2) is 11.3. The van der Waals surface area contributed by atoms with Crippen LogP contribution in [0.2, 0.25) is 5.15 Å². The van der Waals surface area contributed by atoms with Crippen LogP contribution >= 0.6 is 43.5 Å². The van der Waals surface area contributed by atoms with Crippen molar-refractivity contribution in [1.29, 1.82) is 0 Å². The first-order valence-electron chi connectivity index (χ1n) is 10.6. The number of nitrogens with zero attached hydrogens (tertiary/aromatic N) is 2. The highest BCUT2D eigenvalue weighted by atomic mass is 79.9. The normalized spacial score (nSPS) is 10.8. The van der Waals surface area contributed by atoms with Gasteiger partial charge in [0.1, 0.15) is 18.2 Å². The van der Waals surface area contributed by atoms with E-state index in [9.17, 15) is 29.4 Å². The van der Waals surface area contributed by atoms with Gasteiger partial charge in [0, 0.05) is 36.7 Å². The summed E-state index contributed by atoms with van der Waals surface area (Å²) in [6.45, 7) is -1.45. The average molecular weight is 667 g/mol. The number of nitrogens with one attached hydrogen (secondary N) is 2. The van der Waals surface area contributed by atoms with Gasteiger partial charge in [0.2, 0.25) is 0 Å². The standard InChI is InChI=1S/C24H15Br2ClN4O7/c25-11-2-1-10-7-28-18(21(35)14(10)5-11)23(36)29-8-16(32)38-17(33)9-30-24(37)19-20(34)13-4-3-12(26)6-15(13)22(27)31-19/h1-7,34-35H,8-9H2,(H,29,36)(H,30,37). The molecule has 11 nitrogen and oxygen atoms in total. The minimum absolute atomic E-state index is 0.0441. The number of carbonyl (C=O) groups excluding carboxylic acids is 4. The van der Waals surface area contributed by atoms with Crippen LogP contribution in [0, 0.1) is 0 Å². The van der Waals surface area contributed by atoms with E-state index in [0.717, 1.165) is 0 Å². The van der Waals surface area contributed by atoms with E-state index >= 15 is 0 Å². The zero-order chi connectivity index (χ0) is 27.6. The van der Waals surface area contributed by atoms with E-state index in [4.69, 9.17) is 11.6 Å². The minimum atomic E-state index is -1.13. The Bertz CT molecular complexity index is 1650. The molecule has 0 unspecified atom stereocenters. The van der Waals surface area contributed by atoms with E-state index in [1.807, 2.05) is 0 Å². The van der Waals surface area contributed by atoms with Crippen LogP contribution in [-0.4, -0.2) is 57.0 Å². The molecule has 4 N–H and O–H groups in total. The quantitative estimate of drug-likeness (QED) is 0.137. The molecule has 2 heterocycles. The molecule has 0 fully saturated rings. The summed E-state index contributed by atoms with van der Waals surface area (Å²) in [7, 11) is 0. The molecular weight excluding hydrogens is 652 g/mol. The van der Waals surface area contributed by atoms with Crippen LogP contribution in [0.15, 0.2) is 51.5 Å². The first kappa shape index (κ1) is 27.2. The largest absolute Gasteiger partial charge is 0.505 e. The highest BCUT2D eigenvalue weighted by molar-refractivity contribution is 9.10. The first-order chi connectivity index (χ1) is 18.0. The summed E-state index contributed by atoms with van der Waals surface area (Å²) in [5.74, 6) is -4.89. The SMILES string of the molecule is O=C(CNC(=O)c1ncc2ccc(Br)cc2c1O)OC(=O)CNC(=O)c1nc(Cl)c2cc(Br)ccc2c1O. The van der Waals surface area contributed by atoms with Gasteiger partial charge in [-0.1, -0.05) is 49.5 Å². The van der Waals surface area contributed by atoms with Gasteiger partial charge in [-0.3, -0.25) is 9.59 Å². The number of hydrogen-bond donors (Lipinski definition) is 4. The predicted octanol–water partition coefficient (Wildman–Crippen LogP) is 3.60. The average Bonchev–Trinajstić information content (AvgIpc) is 2.88. The minimum Gasteiger partial charge on any atom is -0.505 e. The maximum Gasteiger partial charge on any atom is 0.333 e. The third-order valence-corrected chi connectivity index (χ3v) is 6.44. The van der Waals surface area contributed by atoms with Crippen molar-refractivity contribution in [2.45, 2.75) is 0 Å². The van der Waals surface area contributed by atoms with Crippen LogP contribution in [0.3, 0.4) is 0 Å². The van der Waals surface area contributed by atoms with Crippen LogP contribution in [0.5, 0.6) is 11.5 Å². The highest BCUT2D eigenvalue weighted by Crippen LogP contribution is 2.34. The van der Waals surface area contributed by atoms with Gasteiger partial charge in [0.05, 0.1) is 0 Å². The summed E-state index contributed by atoms with van der Waals surface area (Å²) >= 11 is 12.7. The van der Waals surface area contributed by atoms with Crippen molar-refractivity contribution in [1.82, 2.24) is 20.6 Å². The fourth-order valence-electron chi connectivity index (χ4n) is 3.40. The molecule has 2 amide bonds. The predicted molar refractivity (Wildman–Crippen MR) is 143 cm³/mol. The molecule has 2 aromatic heterocycles. The number of aromatic hydroxyl groups is 2.